The van der Waals surface area contributed by atoms with E-state index in [4.69, 9.17) is 22.1 Å². The third-order valence-electron chi connectivity index (χ3n) is 4.93. The number of hydrogen-bond acceptors (Lipinski definition) is 3. The highest BCUT2D eigenvalue weighted by Gasteiger charge is 2.39. The smallest absolute Gasteiger partial charge is 0.253 e. The third-order valence-corrected chi connectivity index (χ3v) is 5.16. The molecule has 28 heavy (non-hydrogen) atoms. The number of halogens is 2. The molecule has 1 fully saturated rings. The molecule has 7 heteroatoms. The summed E-state index contributed by atoms with van der Waals surface area (Å²) in [5.41, 5.74) is 5.40. The van der Waals surface area contributed by atoms with E-state index in [-0.39, 0.29) is 24.8 Å². The fourth-order valence-corrected chi connectivity index (χ4v) is 3.83. The predicted molar refractivity (Wildman–Crippen MR) is 105 cm³/mol. The molecule has 0 saturated carbocycles. The molecule has 2 N–H and O–H groups in total. The van der Waals surface area contributed by atoms with Crippen LogP contribution in [0.2, 0.25) is 5.02 Å². The molecule has 1 saturated heterocycles. The van der Waals surface area contributed by atoms with Crippen molar-refractivity contribution in [2.45, 2.75) is 19.3 Å². The van der Waals surface area contributed by atoms with Crippen molar-refractivity contribution in [1.82, 2.24) is 4.90 Å². The minimum atomic E-state index is -0.591. The first-order valence-corrected chi connectivity index (χ1v) is 9.46. The number of hydrogen-bond donors (Lipinski definition) is 1. The molecule has 0 spiro atoms. The molecule has 1 heterocycles. The number of amides is 2. The second-order valence-corrected chi connectivity index (χ2v) is 7.66. The maximum Gasteiger partial charge on any atom is 0.253 e. The highest BCUT2D eigenvalue weighted by atomic mass is 35.5. The van der Waals surface area contributed by atoms with Gasteiger partial charge in [-0.1, -0.05) is 17.7 Å². The van der Waals surface area contributed by atoms with Crippen molar-refractivity contribution in [1.29, 1.82) is 0 Å². The van der Waals surface area contributed by atoms with E-state index in [1.165, 1.54) is 24.3 Å². The quantitative estimate of drug-likeness (QED) is 0.798. The van der Waals surface area contributed by atoms with Crippen LogP contribution in [-0.2, 0) is 4.79 Å². The Morgan fingerprint density at radius 2 is 1.96 bits per heavy atom. The molecule has 0 aromatic heterocycles. The molecule has 0 bridgehead atoms. The number of rotatable bonds is 6. The Balaban J connectivity index is 1.76. The maximum atomic E-state index is 13.1. The van der Waals surface area contributed by atoms with E-state index in [2.05, 4.69) is 0 Å². The molecule has 148 valence electrons. The monoisotopic (exact) mass is 404 g/mol. The number of carbonyl (C=O) groups excluding carboxylic acids is 2. The van der Waals surface area contributed by atoms with Crippen molar-refractivity contribution in [3.05, 3.63) is 64.9 Å². The van der Waals surface area contributed by atoms with Crippen molar-refractivity contribution < 1.29 is 18.7 Å². The highest BCUT2D eigenvalue weighted by Crippen LogP contribution is 2.35. The van der Waals surface area contributed by atoms with Crippen molar-refractivity contribution in [3.8, 4) is 5.75 Å². The van der Waals surface area contributed by atoms with Gasteiger partial charge in [-0.25, -0.2) is 4.39 Å². The lowest BCUT2D eigenvalue weighted by molar-refractivity contribution is -0.122. The first-order chi connectivity index (χ1) is 13.4. The van der Waals surface area contributed by atoms with Crippen molar-refractivity contribution in [2.75, 3.05) is 19.7 Å². The number of ether oxygens (including phenoxy) is 1. The molecule has 2 aromatic carbocycles. The molecule has 2 amide bonds. The summed E-state index contributed by atoms with van der Waals surface area (Å²) < 4.78 is 18.9. The Kier molecular flexibility index (Phi) is 6.19. The Morgan fingerprint density at radius 3 is 2.64 bits per heavy atom. The van der Waals surface area contributed by atoms with Crippen molar-refractivity contribution in [3.63, 3.8) is 0 Å². The van der Waals surface area contributed by atoms with Gasteiger partial charge in [-0.05, 0) is 55.3 Å². The van der Waals surface area contributed by atoms with Gasteiger partial charge in [0.25, 0.3) is 5.91 Å². The van der Waals surface area contributed by atoms with E-state index in [0.717, 1.165) is 6.42 Å². The number of piperidine rings is 1. The standard InChI is InChI=1S/C21H22ClFN2O3/c22-16-4-1-3-15(11-16)20(27)25-10-2-9-21(13-25,12-19(24)26)14-28-18-7-5-17(23)6-8-18/h1,3-8,11H,2,9-10,12-14H2,(H2,24,26)/t21-/m0/s1. The van der Waals surface area contributed by atoms with E-state index < -0.39 is 11.3 Å². The van der Waals surface area contributed by atoms with Crippen molar-refractivity contribution in [2.24, 2.45) is 11.1 Å². The number of nitrogens with two attached hydrogens (primary N) is 1. The number of nitrogens with zero attached hydrogens (tertiary/aromatic N) is 1. The van der Waals surface area contributed by atoms with Gasteiger partial charge < -0.3 is 15.4 Å². The summed E-state index contributed by atoms with van der Waals surface area (Å²) in [5.74, 6) is -0.434. The van der Waals surface area contributed by atoms with Crippen LogP contribution in [0.25, 0.3) is 0 Å². The largest absolute Gasteiger partial charge is 0.493 e. The summed E-state index contributed by atoms with van der Waals surface area (Å²) in [5, 5.41) is 0.492. The lowest BCUT2D eigenvalue weighted by Gasteiger charge is -2.42. The zero-order valence-electron chi connectivity index (χ0n) is 15.4. The molecule has 1 aliphatic rings. The van der Waals surface area contributed by atoms with Crippen molar-refractivity contribution >= 4 is 23.4 Å². The number of primary amides is 1. The molecule has 0 unspecified atom stereocenters. The SMILES string of the molecule is NC(=O)C[C@@]1(COc2ccc(F)cc2)CCCN(C(=O)c2cccc(Cl)c2)C1. The van der Waals surface area contributed by atoms with Gasteiger partial charge >= 0.3 is 0 Å². The normalized spacial score (nSPS) is 19.3. The van der Waals surface area contributed by atoms with Gasteiger partial charge in [-0.2, -0.15) is 0 Å². The van der Waals surface area contributed by atoms with Gasteiger partial charge in [-0.15, -0.1) is 0 Å². The summed E-state index contributed by atoms with van der Waals surface area (Å²) in [6, 6.07) is 12.5. The van der Waals surface area contributed by atoms with Crippen LogP contribution in [0.3, 0.4) is 0 Å². The fourth-order valence-electron chi connectivity index (χ4n) is 3.64. The zero-order valence-corrected chi connectivity index (χ0v) is 16.1. The average molecular weight is 405 g/mol. The molecular weight excluding hydrogens is 383 g/mol. The lowest BCUT2D eigenvalue weighted by atomic mass is 9.77. The molecule has 2 aromatic rings. The summed E-state index contributed by atoms with van der Waals surface area (Å²) in [7, 11) is 0. The second kappa shape index (κ2) is 8.61. The van der Waals surface area contributed by atoms with Crippen LogP contribution in [0.1, 0.15) is 29.6 Å². The first kappa shape index (κ1) is 20.1. The molecule has 0 radical (unpaired) electrons. The van der Waals surface area contributed by atoms with Crippen LogP contribution < -0.4 is 10.5 Å². The van der Waals surface area contributed by atoms with E-state index in [9.17, 15) is 14.0 Å². The third kappa shape index (κ3) is 5.01. The van der Waals surface area contributed by atoms with Crippen LogP contribution in [-0.4, -0.2) is 36.4 Å². The lowest BCUT2D eigenvalue weighted by Crippen LogP contribution is -2.50. The van der Waals surface area contributed by atoms with E-state index in [0.29, 0.717) is 35.8 Å². The number of likely N-dealkylation sites (tertiary alicyclic amines) is 1. The average Bonchev–Trinajstić information content (AvgIpc) is 2.67. The van der Waals surface area contributed by atoms with Gasteiger partial charge in [0, 0.05) is 35.5 Å². The Bertz CT molecular complexity index is 859. The Hall–Kier alpha value is -2.60. The topological polar surface area (TPSA) is 72.6 Å². The van der Waals surface area contributed by atoms with Gasteiger partial charge in [0.05, 0.1) is 6.61 Å². The molecule has 1 atom stereocenters. The Morgan fingerprint density at radius 1 is 1.21 bits per heavy atom. The van der Waals surface area contributed by atoms with Gasteiger partial charge in [0.1, 0.15) is 11.6 Å². The van der Waals surface area contributed by atoms with Crippen LogP contribution >= 0.6 is 11.6 Å². The van der Waals surface area contributed by atoms with Crippen LogP contribution in [0.5, 0.6) is 5.75 Å². The molecule has 1 aliphatic heterocycles. The van der Waals surface area contributed by atoms with Gasteiger partial charge in [0.2, 0.25) is 5.91 Å². The molecular formula is C21H22ClFN2O3. The van der Waals surface area contributed by atoms with Crippen LogP contribution in [0.15, 0.2) is 48.5 Å². The Labute approximate surface area is 168 Å². The molecule has 5 nitrogen and oxygen atoms in total. The number of carbonyl (C=O) groups is 2. The first-order valence-electron chi connectivity index (χ1n) is 9.08. The highest BCUT2D eigenvalue weighted by molar-refractivity contribution is 6.30. The van der Waals surface area contributed by atoms with E-state index >= 15 is 0 Å². The predicted octanol–water partition coefficient (Wildman–Crippen LogP) is 3.66. The number of benzene rings is 2. The minimum absolute atomic E-state index is 0.105. The minimum Gasteiger partial charge on any atom is -0.493 e. The summed E-state index contributed by atoms with van der Waals surface area (Å²) in [6.07, 6.45) is 1.54. The fraction of sp³-hybridized carbons (Fsp3) is 0.333. The van der Waals surface area contributed by atoms with Gasteiger partial charge in [-0.3, -0.25) is 9.59 Å². The van der Waals surface area contributed by atoms with E-state index in [1.807, 2.05) is 0 Å². The zero-order chi connectivity index (χ0) is 20.1. The van der Waals surface area contributed by atoms with Crippen LogP contribution in [0, 0.1) is 11.2 Å². The second-order valence-electron chi connectivity index (χ2n) is 7.23. The van der Waals surface area contributed by atoms with Crippen LogP contribution in [0.4, 0.5) is 4.39 Å². The maximum absolute atomic E-state index is 13.1. The van der Waals surface area contributed by atoms with E-state index in [1.54, 1.807) is 29.2 Å². The summed E-state index contributed by atoms with van der Waals surface area (Å²) >= 11 is 6.00. The summed E-state index contributed by atoms with van der Waals surface area (Å²) in [6.45, 7) is 1.14. The molecule has 0 aliphatic carbocycles. The molecule has 3 rings (SSSR count). The van der Waals surface area contributed by atoms with Gasteiger partial charge in [0.15, 0.2) is 0 Å². The summed E-state index contributed by atoms with van der Waals surface area (Å²) in [4.78, 5) is 26.3.